The number of esters is 2. The van der Waals surface area contributed by atoms with Crippen molar-refractivity contribution in [1.82, 2.24) is 0 Å². The average molecular weight is 507 g/mol. The first kappa shape index (κ1) is 29.3. The summed E-state index contributed by atoms with van der Waals surface area (Å²) in [6.45, 7) is 4.62. The van der Waals surface area contributed by atoms with Gasteiger partial charge >= 0.3 is 11.9 Å². The molecular weight excluding hydrogens is 472 g/mol. The van der Waals surface area contributed by atoms with E-state index < -0.39 is 86.6 Å². The van der Waals surface area contributed by atoms with Gasteiger partial charge in [0, 0.05) is 11.1 Å². The molecule has 2 rings (SSSR count). The minimum atomic E-state index is -1.80. The number of hydrogen-bond donors (Lipinski definition) is 6. The van der Waals surface area contributed by atoms with Gasteiger partial charge in [0.25, 0.3) is 0 Å². The zero-order valence-electron chi connectivity index (χ0n) is 19.9. The molecule has 0 aliphatic carbocycles. The summed E-state index contributed by atoms with van der Waals surface area (Å²) in [5.41, 5.74) is 0.390. The minimum absolute atomic E-state index is 0.195. The number of carbonyl (C=O) groups excluding carboxylic acids is 2. The Hall–Kier alpha value is -1.94. The van der Waals surface area contributed by atoms with Gasteiger partial charge in [-0.2, -0.15) is 0 Å². The van der Waals surface area contributed by atoms with Crippen LogP contribution in [0.25, 0.3) is 0 Å². The van der Waals surface area contributed by atoms with E-state index >= 15 is 0 Å². The topological polar surface area (TPSA) is 202 Å². The fourth-order valence-electron chi connectivity index (χ4n) is 3.41. The molecule has 10 unspecified atom stereocenters. The monoisotopic (exact) mass is 506 g/mol. The van der Waals surface area contributed by atoms with E-state index in [2.05, 4.69) is 0 Å². The van der Waals surface area contributed by atoms with E-state index in [1.807, 2.05) is 0 Å². The van der Waals surface area contributed by atoms with Gasteiger partial charge in [0.1, 0.15) is 36.6 Å². The molecule has 0 spiro atoms. The summed E-state index contributed by atoms with van der Waals surface area (Å²) >= 11 is 0. The van der Waals surface area contributed by atoms with Crippen molar-refractivity contribution in [3.8, 4) is 0 Å². The van der Waals surface area contributed by atoms with Gasteiger partial charge in [-0.15, -0.1) is 0 Å². The highest BCUT2D eigenvalue weighted by Crippen LogP contribution is 2.30. The van der Waals surface area contributed by atoms with Crippen LogP contribution in [0.15, 0.2) is 23.3 Å². The van der Waals surface area contributed by atoms with Crippen molar-refractivity contribution in [3.05, 3.63) is 23.3 Å². The van der Waals surface area contributed by atoms with E-state index in [1.165, 1.54) is 26.0 Å². The standard InChI is InChI=1S/C22H34O13/c1-5-9(3)19(29)33-17-13(25)11(7-23)31-21(15(17)27)35-22-16(28)18(14(26)12(8-24)32-22)34-20(30)10(4)6-2/h5-6,11-18,21-28H,7-8H2,1-4H3. The third-order valence-corrected chi connectivity index (χ3v) is 5.91. The van der Waals surface area contributed by atoms with Crippen LogP contribution in [0.1, 0.15) is 27.7 Å². The number of ether oxygens (including phenoxy) is 5. The zero-order valence-corrected chi connectivity index (χ0v) is 19.9. The minimum Gasteiger partial charge on any atom is -0.453 e. The van der Waals surface area contributed by atoms with Gasteiger partial charge in [-0.3, -0.25) is 0 Å². The van der Waals surface area contributed by atoms with Crippen molar-refractivity contribution in [2.24, 2.45) is 0 Å². The fourth-order valence-corrected chi connectivity index (χ4v) is 3.41. The van der Waals surface area contributed by atoms with Gasteiger partial charge in [-0.05, 0) is 27.7 Å². The molecule has 2 heterocycles. The molecule has 6 N–H and O–H groups in total. The fraction of sp³-hybridized carbons (Fsp3) is 0.727. The molecule has 2 saturated heterocycles. The Balaban J connectivity index is 2.25. The molecular formula is C22H34O13. The predicted octanol–water partition coefficient (Wildman–Crippen LogP) is -2.36. The second-order valence-electron chi connectivity index (χ2n) is 8.23. The van der Waals surface area contributed by atoms with Gasteiger partial charge in [-0.1, -0.05) is 12.2 Å². The summed E-state index contributed by atoms with van der Waals surface area (Å²) in [6.07, 6.45) is -13.2. The SMILES string of the molecule is CC=C(C)C(=O)OC1C(O)C(CO)OC(OC2OC(CO)C(O)C(OC(=O)C(C)=CC)C2O)C1O. The van der Waals surface area contributed by atoms with Crippen LogP contribution in [0.2, 0.25) is 0 Å². The lowest BCUT2D eigenvalue weighted by atomic mass is 9.97. The molecule has 2 aliphatic heterocycles. The molecule has 0 bridgehead atoms. The molecule has 0 saturated carbocycles. The third-order valence-electron chi connectivity index (χ3n) is 5.91. The largest absolute Gasteiger partial charge is 0.453 e. The van der Waals surface area contributed by atoms with E-state index in [-0.39, 0.29) is 11.1 Å². The Labute approximate surface area is 202 Å². The van der Waals surface area contributed by atoms with E-state index in [0.29, 0.717) is 0 Å². The molecule has 2 aliphatic rings. The number of rotatable bonds is 8. The average Bonchev–Trinajstić information content (AvgIpc) is 2.85. The summed E-state index contributed by atoms with van der Waals surface area (Å²) < 4.78 is 26.6. The molecule has 0 aromatic carbocycles. The van der Waals surface area contributed by atoms with Crippen LogP contribution >= 0.6 is 0 Å². The Morgan fingerprint density at radius 3 is 1.34 bits per heavy atom. The van der Waals surface area contributed by atoms with Crippen molar-refractivity contribution in [2.75, 3.05) is 13.2 Å². The van der Waals surface area contributed by atoms with Crippen LogP contribution in [0, 0.1) is 0 Å². The second kappa shape index (κ2) is 12.9. The van der Waals surface area contributed by atoms with Crippen LogP contribution in [0.5, 0.6) is 0 Å². The number of carbonyl (C=O) groups is 2. The molecule has 200 valence electrons. The lowest BCUT2D eigenvalue weighted by Crippen LogP contribution is -2.64. The van der Waals surface area contributed by atoms with E-state index in [9.17, 15) is 40.2 Å². The number of allylic oxidation sites excluding steroid dienone is 2. The van der Waals surface area contributed by atoms with Crippen molar-refractivity contribution < 1.29 is 63.9 Å². The first-order valence-corrected chi connectivity index (χ1v) is 11.1. The summed E-state index contributed by atoms with van der Waals surface area (Å²) in [5.74, 6) is -1.67. The van der Waals surface area contributed by atoms with E-state index in [1.54, 1.807) is 13.8 Å². The highest BCUT2D eigenvalue weighted by molar-refractivity contribution is 5.88. The van der Waals surface area contributed by atoms with Crippen LogP contribution < -0.4 is 0 Å². The van der Waals surface area contributed by atoms with Crippen molar-refractivity contribution in [1.29, 1.82) is 0 Å². The van der Waals surface area contributed by atoms with Crippen molar-refractivity contribution in [2.45, 2.75) is 89.1 Å². The summed E-state index contributed by atoms with van der Waals surface area (Å²) in [5, 5.41) is 61.4. The zero-order chi connectivity index (χ0) is 26.4. The second-order valence-corrected chi connectivity index (χ2v) is 8.23. The maximum Gasteiger partial charge on any atom is 0.333 e. The van der Waals surface area contributed by atoms with Gasteiger partial charge in [0.05, 0.1) is 13.2 Å². The molecule has 0 aromatic rings. The molecule has 0 radical (unpaired) electrons. The summed E-state index contributed by atoms with van der Waals surface area (Å²) in [6, 6.07) is 0. The smallest absolute Gasteiger partial charge is 0.333 e. The van der Waals surface area contributed by atoms with Gasteiger partial charge in [0.15, 0.2) is 24.8 Å². The molecule has 13 heteroatoms. The molecule has 10 atom stereocenters. The van der Waals surface area contributed by atoms with Crippen LogP contribution in [-0.2, 0) is 33.3 Å². The van der Waals surface area contributed by atoms with Crippen LogP contribution in [0.3, 0.4) is 0 Å². The normalized spacial score (nSPS) is 38.7. The molecule has 35 heavy (non-hydrogen) atoms. The Kier molecular flexibility index (Phi) is 10.8. The van der Waals surface area contributed by atoms with Crippen LogP contribution in [-0.4, -0.2) is 117 Å². The number of hydrogen-bond acceptors (Lipinski definition) is 13. The summed E-state index contributed by atoms with van der Waals surface area (Å²) in [4.78, 5) is 24.4. The molecule has 0 amide bonds. The Morgan fingerprint density at radius 1 is 0.714 bits per heavy atom. The molecule has 2 fully saturated rings. The van der Waals surface area contributed by atoms with Crippen molar-refractivity contribution >= 4 is 11.9 Å². The quantitative estimate of drug-likeness (QED) is 0.151. The van der Waals surface area contributed by atoms with Crippen LogP contribution in [0.4, 0.5) is 0 Å². The van der Waals surface area contributed by atoms with Gasteiger partial charge < -0.3 is 54.3 Å². The Bertz CT molecular complexity index is 732. The molecule has 13 nitrogen and oxygen atoms in total. The highest BCUT2D eigenvalue weighted by Gasteiger charge is 2.52. The Morgan fingerprint density at radius 2 is 1.06 bits per heavy atom. The maximum absolute atomic E-state index is 12.2. The lowest BCUT2D eigenvalue weighted by molar-refractivity contribution is -0.376. The first-order valence-electron chi connectivity index (χ1n) is 11.1. The molecule has 0 aromatic heterocycles. The number of aliphatic hydroxyl groups is 6. The van der Waals surface area contributed by atoms with E-state index in [0.717, 1.165) is 0 Å². The van der Waals surface area contributed by atoms with E-state index in [4.69, 9.17) is 23.7 Å². The van der Waals surface area contributed by atoms with Gasteiger partial charge in [0.2, 0.25) is 0 Å². The first-order chi connectivity index (χ1) is 16.5. The van der Waals surface area contributed by atoms with Crippen molar-refractivity contribution in [3.63, 3.8) is 0 Å². The van der Waals surface area contributed by atoms with Gasteiger partial charge in [-0.25, -0.2) is 9.59 Å². The number of aliphatic hydroxyl groups excluding tert-OH is 6. The maximum atomic E-state index is 12.2. The lowest BCUT2D eigenvalue weighted by Gasteiger charge is -2.45. The summed E-state index contributed by atoms with van der Waals surface area (Å²) in [7, 11) is 0. The highest BCUT2D eigenvalue weighted by atomic mass is 16.8. The predicted molar refractivity (Wildman–Crippen MR) is 115 cm³/mol. The third kappa shape index (κ3) is 6.64.